The number of hydrogen-bond donors (Lipinski definition) is 0. The summed E-state index contributed by atoms with van der Waals surface area (Å²) in [5, 5.41) is 0. The maximum atomic E-state index is 12.7. The maximum Gasteiger partial charge on any atom is 0.316 e. The lowest BCUT2D eigenvalue weighted by Crippen LogP contribution is -2.18. The highest BCUT2D eigenvalue weighted by Crippen LogP contribution is 2.36. The van der Waals surface area contributed by atoms with E-state index in [0.717, 1.165) is 12.0 Å². The molecule has 0 heterocycles. The van der Waals surface area contributed by atoms with Crippen molar-refractivity contribution >= 4 is 5.97 Å². The van der Waals surface area contributed by atoms with Crippen LogP contribution in [0.4, 0.5) is 0 Å². The summed E-state index contributed by atoms with van der Waals surface area (Å²) in [7, 11) is 0. The number of carbonyl (C=O) groups is 1. The standard InChI is InChI=1S/C26H30O2/c1-19-17-22(26(2,3)4)18-24(19)25(27)28-16-15-23(20-11-7-5-8-12-20)21-13-9-6-10-14-21/h5-14,17-18,23-24H,15-16H2,1-4H3. The quantitative estimate of drug-likeness (QED) is 0.555. The van der Waals surface area contributed by atoms with Crippen molar-refractivity contribution in [1.29, 1.82) is 0 Å². The van der Waals surface area contributed by atoms with E-state index in [1.54, 1.807) is 0 Å². The topological polar surface area (TPSA) is 26.3 Å². The van der Waals surface area contributed by atoms with Gasteiger partial charge in [-0.15, -0.1) is 0 Å². The van der Waals surface area contributed by atoms with E-state index in [1.807, 2.05) is 19.1 Å². The van der Waals surface area contributed by atoms with E-state index in [2.05, 4.69) is 81.5 Å². The SMILES string of the molecule is CC1=CC(C(C)(C)C)=CC1C(=O)OCCC(c1ccccc1)c1ccccc1. The highest BCUT2D eigenvalue weighted by molar-refractivity contribution is 5.79. The number of allylic oxidation sites excluding steroid dienone is 2. The highest BCUT2D eigenvalue weighted by atomic mass is 16.5. The van der Waals surface area contributed by atoms with Gasteiger partial charge in [-0.3, -0.25) is 4.79 Å². The van der Waals surface area contributed by atoms with E-state index in [4.69, 9.17) is 4.74 Å². The lowest BCUT2D eigenvalue weighted by molar-refractivity contribution is -0.145. The predicted octanol–water partition coefficient (Wildman–Crippen LogP) is 6.30. The number of rotatable bonds is 6. The van der Waals surface area contributed by atoms with Gasteiger partial charge in [-0.2, -0.15) is 0 Å². The first-order chi connectivity index (χ1) is 13.4. The smallest absolute Gasteiger partial charge is 0.316 e. The molecule has 0 saturated heterocycles. The van der Waals surface area contributed by atoms with Gasteiger partial charge in [0.2, 0.25) is 0 Å². The average Bonchev–Trinajstić information content (AvgIpc) is 3.09. The summed E-state index contributed by atoms with van der Waals surface area (Å²) in [6.45, 7) is 8.93. The van der Waals surface area contributed by atoms with Gasteiger partial charge in [0.15, 0.2) is 0 Å². The van der Waals surface area contributed by atoms with Crippen molar-refractivity contribution in [3.8, 4) is 0 Å². The molecule has 0 amide bonds. The second kappa shape index (κ2) is 8.60. The van der Waals surface area contributed by atoms with Gasteiger partial charge in [0, 0.05) is 5.92 Å². The van der Waals surface area contributed by atoms with Crippen LogP contribution in [0, 0.1) is 11.3 Å². The van der Waals surface area contributed by atoms with Crippen molar-refractivity contribution < 1.29 is 9.53 Å². The van der Waals surface area contributed by atoms with Crippen LogP contribution >= 0.6 is 0 Å². The number of ether oxygens (including phenoxy) is 1. The molecule has 1 unspecified atom stereocenters. The first-order valence-corrected chi connectivity index (χ1v) is 10.0. The van der Waals surface area contributed by atoms with E-state index >= 15 is 0 Å². The fourth-order valence-electron chi connectivity index (χ4n) is 3.68. The molecule has 3 rings (SSSR count). The van der Waals surface area contributed by atoms with Gasteiger partial charge < -0.3 is 4.74 Å². The van der Waals surface area contributed by atoms with E-state index in [0.29, 0.717) is 6.61 Å². The van der Waals surface area contributed by atoms with Crippen molar-refractivity contribution in [2.75, 3.05) is 6.61 Å². The zero-order valence-corrected chi connectivity index (χ0v) is 17.3. The summed E-state index contributed by atoms with van der Waals surface area (Å²) in [6, 6.07) is 20.9. The third-order valence-electron chi connectivity index (χ3n) is 5.39. The van der Waals surface area contributed by atoms with Gasteiger partial charge in [0.05, 0.1) is 12.5 Å². The lowest BCUT2D eigenvalue weighted by atomic mass is 9.87. The van der Waals surface area contributed by atoms with Gasteiger partial charge >= 0.3 is 5.97 Å². The molecule has 2 heteroatoms. The molecule has 2 aromatic carbocycles. The lowest BCUT2D eigenvalue weighted by Gasteiger charge is -2.19. The Balaban J connectivity index is 1.66. The minimum absolute atomic E-state index is 0.0437. The molecule has 2 aromatic rings. The number of benzene rings is 2. The van der Waals surface area contributed by atoms with Crippen LogP contribution in [-0.4, -0.2) is 12.6 Å². The summed E-state index contributed by atoms with van der Waals surface area (Å²) >= 11 is 0. The fraction of sp³-hybridized carbons (Fsp3) is 0.346. The van der Waals surface area contributed by atoms with Crippen molar-refractivity contribution in [2.24, 2.45) is 11.3 Å². The van der Waals surface area contributed by atoms with Crippen molar-refractivity contribution in [2.45, 2.75) is 40.0 Å². The number of hydrogen-bond acceptors (Lipinski definition) is 2. The van der Waals surface area contributed by atoms with Crippen LogP contribution in [-0.2, 0) is 9.53 Å². The van der Waals surface area contributed by atoms with Crippen LogP contribution in [0.15, 0.2) is 84.0 Å². The normalized spacial score (nSPS) is 16.7. The van der Waals surface area contributed by atoms with Crippen LogP contribution in [0.2, 0.25) is 0 Å². The highest BCUT2D eigenvalue weighted by Gasteiger charge is 2.29. The maximum absolute atomic E-state index is 12.7. The van der Waals surface area contributed by atoms with E-state index in [-0.39, 0.29) is 23.2 Å². The van der Waals surface area contributed by atoms with Crippen molar-refractivity contribution in [3.63, 3.8) is 0 Å². The predicted molar refractivity (Wildman–Crippen MR) is 115 cm³/mol. The molecule has 0 N–H and O–H groups in total. The summed E-state index contributed by atoms with van der Waals surface area (Å²) in [5.41, 5.74) is 4.81. The first-order valence-electron chi connectivity index (χ1n) is 10.0. The van der Waals surface area contributed by atoms with Gasteiger partial charge in [-0.25, -0.2) is 0 Å². The Labute approximate surface area is 168 Å². The molecule has 0 aliphatic heterocycles. The first kappa shape index (κ1) is 20.1. The summed E-state index contributed by atoms with van der Waals surface area (Å²) in [6.07, 6.45) is 4.96. The van der Waals surface area contributed by atoms with E-state index in [1.165, 1.54) is 16.7 Å². The molecule has 0 aromatic heterocycles. The molecule has 0 spiro atoms. The molecule has 1 aliphatic rings. The average molecular weight is 375 g/mol. The fourth-order valence-corrected chi connectivity index (χ4v) is 3.68. The van der Waals surface area contributed by atoms with Crippen LogP contribution < -0.4 is 0 Å². The van der Waals surface area contributed by atoms with Crippen molar-refractivity contribution in [3.05, 3.63) is 95.1 Å². The van der Waals surface area contributed by atoms with Gasteiger partial charge in [0.1, 0.15) is 0 Å². The summed E-state index contributed by atoms with van der Waals surface area (Å²) < 4.78 is 5.71. The molecule has 28 heavy (non-hydrogen) atoms. The summed E-state index contributed by atoms with van der Waals surface area (Å²) in [5.74, 6) is -0.176. The molecule has 146 valence electrons. The number of esters is 1. The Bertz CT molecular complexity index is 815. The molecule has 0 bridgehead atoms. The van der Waals surface area contributed by atoms with Crippen LogP contribution in [0.25, 0.3) is 0 Å². The molecule has 0 fully saturated rings. The summed E-state index contributed by atoms with van der Waals surface area (Å²) in [4.78, 5) is 12.7. The molecular formula is C26H30O2. The van der Waals surface area contributed by atoms with Gasteiger partial charge in [0.25, 0.3) is 0 Å². The molecule has 0 radical (unpaired) electrons. The Morgan fingerprint density at radius 3 is 1.96 bits per heavy atom. The molecular weight excluding hydrogens is 344 g/mol. The van der Waals surface area contributed by atoms with E-state index < -0.39 is 0 Å². The van der Waals surface area contributed by atoms with Crippen LogP contribution in [0.3, 0.4) is 0 Å². The third-order valence-corrected chi connectivity index (χ3v) is 5.39. The minimum Gasteiger partial charge on any atom is -0.465 e. The van der Waals surface area contributed by atoms with Crippen LogP contribution in [0.1, 0.15) is 51.2 Å². The zero-order valence-electron chi connectivity index (χ0n) is 17.3. The van der Waals surface area contributed by atoms with Gasteiger partial charge in [-0.1, -0.05) is 99.2 Å². The Kier molecular flexibility index (Phi) is 6.18. The van der Waals surface area contributed by atoms with E-state index in [9.17, 15) is 4.79 Å². The molecule has 1 aliphatic carbocycles. The second-order valence-electron chi connectivity index (χ2n) is 8.57. The second-order valence-corrected chi connectivity index (χ2v) is 8.57. The third kappa shape index (κ3) is 4.81. The van der Waals surface area contributed by atoms with Crippen LogP contribution in [0.5, 0.6) is 0 Å². The number of carbonyl (C=O) groups excluding carboxylic acids is 1. The monoisotopic (exact) mass is 374 g/mol. The Hall–Kier alpha value is -2.61. The molecule has 0 saturated carbocycles. The molecule has 1 atom stereocenters. The van der Waals surface area contributed by atoms with Gasteiger partial charge in [-0.05, 0) is 35.5 Å². The molecule has 2 nitrogen and oxygen atoms in total. The Morgan fingerprint density at radius 1 is 0.964 bits per heavy atom. The largest absolute Gasteiger partial charge is 0.465 e. The van der Waals surface area contributed by atoms with Crippen molar-refractivity contribution in [1.82, 2.24) is 0 Å². The minimum atomic E-state index is -0.249. The zero-order chi connectivity index (χ0) is 20.1. The Morgan fingerprint density at radius 2 is 1.50 bits per heavy atom.